The Morgan fingerprint density at radius 2 is 2.05 bits per heavy atom. The predicted octanol–water partition coefficient (Wildman–Crippen LogP) is 2.58. The van der Waals surface area contributed by atoms with Crippen LogP contribution in [0.2, 0.25) is 0 Å². The lowest BCUT2D eigenvalue weighted by Crippen LogP contribution is -2.28. The Kier molecular flexibility index (Phi) is 2.45. The van der Waals surface area contributed by atoms with Crippen LogP contribution in [0.5, 0.6) is 0 Å². The van der Waals surface area contributed by atoms with Gasteiger partial charge in [-0.15, -0.1) is 0 Å². The number of hydrogen-bond acceptors (Lipinski definition) is 4. The summed E-state index contributed by atoms with van der Waals surface area (Å²) in [6, 6.07) is 8.68. The molecule has 0 bridgehead atoms. The van der Waals surface area contributed by atoms with Gasteiger partial charge in [0.05, 0.1) is 6.04 Å². The van der Waals surface area contributed by atoms with E-state index in [1.165, 1.54) is 17.5 Å². The maximum absolute atomic E-state index is 5.45. The SMILES string of the molecule is CC1CC1c1noc([C@@H]2Cc3ccccc3CN2)n1. The maximum atomic E-state index is 5.45. The molecule has 2 aromatic rings. The summed E-state index contributed by atoms with van der Waals surface area (Å²) in [5, 5.41) is 7.61. The fraction of sp³-hybridized carbons (Fsp3) is 0.467. The molecule has 0 radical (unpaired) electrons. The Labute approximate surface area is 112 Å². The van der Waals surface area contributed by atoms with Crippen molar-refractivity contribution in [2.45, 2.75) is 38.3 Å². The minimum Gasteiger partial charge on any atom is -0.338 e. The summed E-state index contributed by atoms with van der Waals surface area (Å²) in [7, 11) is 0. The first-order valence-electron chi connectivity index (χ1n) is 6.95. The van der Waals surface area contributed by atoms with E-state index in [1.807, 2.05) is 0 Å². The van der Waals surface area contributed by atoms with E-state index in [0.29, 0.717) is 11.8 Å². The van der Waals surface area contributed by atoms with Gasteiger partial charge in [-0.1, -0.05) is 36.3 Å². The average molecular weight is 255 g/mol. The molecule has 4 nitrogen and oxygen atoms in total. The molecule has 1 aromatic heterocycles. The second-order valence-corrected chi connectivity index (χ2v) is 5.72. The zero-order chi connectivity index (χ0) is 12.8. The van der Waals surface area contributed by atoms with Crippen molar-refractivity contribution in [2.75, 3.05) is 0 Å². The molecule has 1 aliphatic carbocycles. The van der Waals surface area contributed by atoms with Crippen molar-refractivity contribution in [1.29, 1.82) is 0 Å². The third kappa shape index (κ3) is 1.96. The molecule has 1 fully saturated rings. The Morgan fingerprint density at radius 1 is 1.26 bits per heavy atom. The molecular weight excluding hydrogens is 238 g/mol. The lowest BCUT2D eigenvalue weighted by Gasteiger charge is -2.23. The quantitative estimate of drug-likeness (QED) is 0.896. The van der Waals surface area contributed by atoms with E-state index in [1.54, 1.807) is 0 Å². The van der Waals surface area contributed by atoms with E-state index in [2.05, 4.69) is 46.6 Å². The van der Waals surface area contributed by atoms with E-state index in [4.69, 9.17) is 4.52 Å². The van der Waals surface area contributed by atoms with Crippen molar-refractivity contribution in [3.63, 3.8) is 0 Å². The summed E-state index contributed by atoms with van der Waals surface area (Å²) in [6.45, 7) is 3.11. The van der Waals surface area contributed by atoms with Crippen molar-refractivity contribution in [3.05, 3.63) is 47.1 Å². The van der Waals surface area contributed by atoms with E-state index < -0.39 is 0 Å². The fourth-order valence-corrected chi connectivity index (χ4v) is 2.85. The number of hydrogen-bond donors (Lipinski definition) is 1. The lowest BCUT2D eigenvalue weighted by molar-refractivity contribution is 0.318. The van der Waals surface area contributed by atoms with Crippen LogP contribution in [0, 0.1) is 5.92 Å². The summed E-state index contributed by atoms with van der Waals surface area (Å²) >= 11 is 0. The van der Waals surface area contributed by atoms with Gasteiger partial charge in [-0.3, -0.25) is 0 Å². The zero-order valence-corrected chi connectivity index (χ0v) is 11.0. The highest BCUT2D eigenvalue weighted by molar-refractivity contribution is 5.30. The molecule has 2 aliphatic rings. The van der Waals surface area contributed by atoms with Crippen molar-refractivity contribution in [1.82, 2.24) is 15.5 Å². The fourth-order valence-electron chi connectivity index (χ4n) is 2.85. The first-order valence-corrected chi connectivity index (χ1v) is 6.95. The van der Waals surface area contributed by atoms with Crippen molar-refractivity contribution < 1.29 is 4.52 Å². The first kappa shape index (κ1) is 11.2. The first-order chi connectivity index (χ1) is 9.31. The summed E-state index contributed by atoms with van der Waals surface area (Å²) in [5.41, 5.74) is 2.75. The summed E-state index contributed by atoms with van der Waals surface area (Å²) in [5.74, 6) is 2.87. The standard InChI is InChI=1S/C15H17N3O/c1-9-6-12(9)14-17-15(19-18-14)13-7-10-4-2-3-5-11(10)8-16-13/h2-5,9,12-13,16H,6-8H2,1H3/t9?,12?,13-/m0/s1. The van der Waals surface area contributed by atoms with Crippen LogP contribution in [0.1, 0.15) is 48.1 Å². The zero-order valence-electron chi connectivity index (χ0n) is 11.0. The number of nitrogens with zero attached hydrogens (tertiary/aromatic N) is 2. The van der Waals surface area contributed by atoms with E-state index in [0.717, 1.165) is 24.7 Å². The van der Waals surface area contributed by atoms with E-state index in [9.17, 15) is 0 Å². The summed E-state index contributed by atoms with van der Waals surface area (Å²) in [6.07, 6.45) is 2.12. The van der Waals surface area contributed by atoms with Crippen molar-refractivity contribution in [2.24, 2.45) is 5.92 Å². The van der Waals surface area contributed by atoms with Crippen LogP contribution in [-0.4, -0.2) is 10.1 Å². The molecule has 1 saturated carbocycles. The molecule has 0 spiro atoms. The van der Waals surface area contributed by atoms with Crippen LogP contribution in [0.15, 0.2) is 28.8 Å². The van der Waals surface area contributed by atoms with Crippen LogP contribution in [0.3, 0.4) is 0 Å². The molecule has 3 atom stereocenters. The Morgan fingerprint density at radius 3 is 2.84 bits per heavy atom. The average Bonchev–Trinajstić information content (AvgIpc) is 3.00. The molecule has 4 heteroatoms. The third-order valence-corrected chi connectivity index (χ3v) is 4.28. The van der Waals surface area contributed by atoms with E-state index in [-0.39, 0.29) is 6.04 Å². The van der Waals surface area contributed by atoms with Gasteiger partial charge in [-0.25, -0.2) is 0 Å². The highest BCUT2D eigenvalue weighted by Gasteiger charge is 2.38. The van der Waals surface area contributed by atoms with Gasteiger partial charge in [0.15, 0.2) is 5.82 Å². The number of aromatic nitrogens is 2. The summed E-state index contributed by atoms with van der Waals surface area (Å²) < 4.78 is 5.45. The van der Waals surface area contributed by atoms with Gasteiger partial charge in [-0.05, 0) is 29.9 Å². The topological polar surface area (TPSA) is 51.0 Å². The molecule has 4 rings (SSSR count). The van der Waals surface area contributed by atoms with Gasteiger partial charge in [0, 0.05) is 12.5 Å². The van der Waals surface area contributed by atoms with Crippen LogP contribution in [0.4, 0.5) is 0 Å². The Bertz CT molecular complexity index is 607. The second-order valence-electron chi connectivity index (χ2n) is 5.72. The smallest absolute Gasteiger partial charge is 0.244 e. The highest BCUT2D eigenvalue weighted by atomic mass is 16.5. The molecule has 1 aliphatic heterocycles. The van der Waals surface area contributed by atoms with Gasteiger partial charge < -0.3 is 9.84 Å². The minimum absolute atomic E-state index is 0.158. The monoisotopic (exact) mass is 255 g/mol. The summed E-state index contributed by atoms with van der Waals surface area (Å²) in [4.78, 5) is 4.58. The van der Waals surface area contributed by atoms with Gasteiger partial charge in [-0.2, -0.15) is 4.98 Å². The molecule has 0 amide bonds. The lowest BCUT2D eigenvalue weighted by atomic mass is 9.96. The number of nitrogens with one attached hydrogen (secondary N) is 1. The molecule has 0 saturated heterocycles. The van der Waals surface area contributed by atoms with Crippen molar-refractivity contribution in [3.8, 4) is 0 Å². The third-order valence-electron chi connectivity index (χ3n) is 4.28. The molecule has 98 valence electrons. The van der Waals surface area contributed by atoms with Gasteiger partial charge in [0.2, 0.25) is 5.89 Å². The Hall–Kier alpha value is -1.68. The van der Waals surface area contributed by atoms with Crippen LogP contribution < -0.4 is 5.32 Å². The molecule has 2 unspecified atom stereocenters. The molecule has 19 heavy (non-hydrogen) atoms. The van der Waals surface area contributed by atoms with Crippen LogP contribution in [0.25, 0.3) is 0 Å². The highest BCUT2D eigenvalue weighted by Crippen LogP contribution is 2.45. The van der Waals surface area contributed by atoms with Crippen molar-refractivity contribution >= 4 is 0 Å². The molecular formula is C15H17N3O. The maximum Gasteiger partial charge on any atom is 0.244 e. The number of rotatable bonds is 2. The number of benzene rings is 1. The van der Waals surface area contributed by atoms with E-state index >= 15 is 0 Å². The number of fused-ring (bicyclic) bond motifs is 1. The van der Waals surface area contributed by atoms with Crippen LogP contribution >= 0.6 is 0 Å². The molecule has 1 aromatic carbocycles. The normalized spacial score (nSPS) is 29.0. The Balaban J connectivity index is 1.56. The molecule has 2 heterocycles. The van der Waals surface area contributed by atoms with Gasteiger partial charge >= 0.3 is 0 Å². The largest absolute Gasteiger partial charge is 0.338 e. The van der Waals surface area contributed by atoms with Gasteiger partial charge in [0.25, 0.3) is 0 Å². The molecule has 1 N–H and O–H groups in total. The minimum atomic E-state index is 0.158. The predicted molar refractivity (Wildman–Crippen MR) is 70.5 cm³/mol. The van der Waals surface area contributed by atoms with Crippen LogP contribution in [-0.2, 0) is 13.0 Å². The second kappa shape index (κ2) is 4.17. The van der Waals surface area contributed by atoms with Gasteiger partial charge in [0.1, 0.15) is 0 Å².